The number of rotatable bonds is 4. The number of hydrogen-bond acceptors (Lipinski definition) is 0. The molecule has 0 unspecified atom stereocenters. The maximum absolute atomic E-state index is 13.3. The molecule has 8 heteroatoms. The van der Waals surface area contributed by atoms with Crippen molar-refractivity contribution >= 4 is 41.4 Å². The summed E-state index contributed by atoms with van der Waals surface area (Å²) in [4.78, 5) is 0. The van der Waals surface area contributed by atoms with E-state index in [1.165, 1.54) is 33.6 Å². The van der Waals surface area contributed by atoms with Crippen molar-refractivity contribution < 1.29 is 52.5 Å². The molecule has 1 aliphatic heterocycles. The van der Waals surface area contributed by atoms with Gasteiger partial charge in [0, 0.05) is 0 Å². The van der Waals surface area contributed by atoms with Gasteiger partial charge in [0.25, 0.3) is 0 Å². The van der Waals surface area contributed by atoms with E-state index >= 15 is 0 Å². The van der Waals surface area contributed by atoms with Gasteiger partial charge >= 0.3 is 38.6 Å². The van der Waals surface area contributed by atoms with Gasteiger partial charge < -0.3 is 0 Å². The van der Waals surface area contributed by atoms with Gasteiger partial charge in [0.1, 0.15) is 0 Å². The van der Waals surface area contributed by atoms with E-state index in [1.54, 1.807) is 36.4 Å². The molecule has 0 N–H and O–H groups in total. The molecule has 1 heterocycles. The third kappa shape index (κ3) is 9.09. The van der Waals surface area contributed by atoms with Crippen molar-refractivity contribution in [3.63, 3.8) is 0 Å². The van der Waals surface area contributed by atoms with Crippen LogP contribution in [0.15, 0.2) is 152 Å². The summed E-state index contributed by atoms with van der Waals surface area (Å²) in [5.41, 5.74) is 5.63. The minimum absolute atomic E-state index is 0. The fourth-order valence-corrected chi connectivity index (χ4v) is 8.62. The third-order valence-electron chi connectivity index (χ3n) is 10.3. The second kappa shape index (κ2) is 17.6. The standard InChI is InChI=1S/2C19H16F3.C12H7Si.Zr/c2*1-12(2)14-10-13-6-5-8-15(17(13)11-14)16-7-3-4-9-18(16)19(20,21)22;1-3-7-11-9(5-1)10-6-2-4-8-12(10)13-11;/h2*3-12H,1-2H3;1-7H;/q3*-1;+3. The molecular weight excluding hydrogens is 834 g/mol. The predicted octanol–water partition coefficient (Wildman–Crippen LogP) is 13.9. The number of fused-ring (bicyclic) bond motifs is 5. The first-order valence-corrected chi connectivity index (χ1v) is 19.8. The molecule has 8 aromatic rings. The van der Waals surface area contributed by atoms with Crippen molar-refractivity contribution in [2.75, 3.05) is 0 Å². The van der Waals surface area contributed by atoms with Crippen LogP contribution in [0.4, 0.5) is 26.3 Å². The number of hydrogen-bond donors (Lipinski definition) is 0. The first kappa shape index (κ1) is 42.8. The summed E-state index contributed by atoms with van der Waals surface area (Å²) >= 11 is 0. The van der Waals surface area contributed by atoms with Crippen LogP contribution in [0.2, 0.25) is 0 Å². The average Bonchev–Trinajstić information content (AvgIpc) is 3.93. The van der Waals surface area contributed by atoms with Crippen molar-refractivity contribution in [1.29, 1.82) is 0 Å². The second-order valence-electron chi connectivity index (χ2n) is 14.7. The van der Waals surface area contributed by atoms with E-state index in [-0.39, 0.29) is 37.3 Å². The molecule has 3 radical (unpaired) electrons. The summed E-state index contributed by atoms with van der Waals surface area (Å²) in [5, 5.41) is 6.55. The van der Waals surface area contributed by atoms with E-state index in [2.05, 4.69) is 82.3 Å². The normalized spacial score (nSPS) is 12.1. The molecule has 0 aliphatic carbocycles. The first-order valence-electron chi connectivity index (χ1n) is 18.8. The number of halogens is 6. The van der Waals surface area contributed by atoms with Crippen LogP contribution in [0.5, 0.6) is 0 Å². The topological polar surface area (TPSA) is 0 Å². The molecule has 0 aromatic heterocycles. The van der Waals surface area contributed by atoms with Crippen molar-refractivity contribution in [2.45, 2.75) is 51.9 Å². The smallest absolute Gasteiger partial charge is 0.184 e. The Bertz CT molecular complexity index is 2480. The van der Waals surface area contributed by atoms with Crippen LogP contribution in [0.1, 0.15) is 61.8 Å². The van der Waals surface area contributed by atoms with Gasteiger partial charge in [-0.05, 0) is 35.1 Å². The van der Waals surface area contributed by atoms with Crippen LogP contribution in [0.3, 0.4) is 0 Å². The maximum atomic E-state index is 13.3. The average molecular weight is 873 g/mol. The van der Waals surface area contributed by atoms with Gasteiger partial charge in [-0.1, -0.05) is 122 Å². The minimum atomic E-state index is -4.35. The van der Waals surface area contributed by atoms with E-state index in [0.29, 0.717) is 23.0 Å². The molecule has 58 heavy (non-hydrogen) atoms. The Morgan fingerprint density at radius 2 is 0.897 bits per heavy atom. The summed E-state index contributed by atoms with van der Waals surface area (Å²) in [6.45, 7) is 8.32. The number of alkyl halides is 6. The van der Waals surface area contributed by atoms with Gasteiger partial charge in [0.15, 0.2) is 0 Å². The fourth-order valence-electron chi connectivity index (χ4n) is 7.31. The van der Waals surface area contributed by atoms with Crippen LogP contribution >= 0.6 is 0 Å². The van der Waals surface area contributed by atoms with Crippen LogP contribution in [-0.4, -0.2) is 9.52 Å². The van der Waals surface area contributed by atoms with Gasteiger partial charge in [0.05, 0.1) is 20.6 Å². The molecule has 0 amide bonds. The van der Waals surface area contributed by atoms with E-state index in [1.807, 2.05) is 42.5 Å². The van der Waals surface area contributed by atoms with Crippen LogP contribution < -0.4 is 10.4 Å². The summed E-state index contributed by atoms with van der Waals surface area (Å²) in [7, 11) is 0.795. The van der Waals surface area contributed by atoms with Gasteiger partial charge in [0.2, 0.25) is 0 Å². The van der Waals surface area contributed by atoms with E-state index in [0.717, 1.165) is 54.3 Å². The molecule has 9 rings (SSSR count). The fraction of sp³-hybridized carbons (Fsp3) is 0.160. The Morgan fingerprint density at radius 3 is 1.36 bits per heavy atom. The monoisotopic (exact) mass is 871 g/mol. The molecule has 0 fully saturated rings. The molecule has 0 nitrogen and oxygen atoms in total. The van der Waals surface area contributed by atoms with Crippen molar-refractivity contribution in [1.82, 2.24) is 0 Å². The van der Waals surface area contributed by atoms with Crippen LogP contribution in [-0.2, 0) is 38.6 Å². The Hall–Kier alpha value is -4.78. The largest absolute Gasteiger partial charge is 3.00 e. The van der Waals surface area contributed by atoms with E-state index in [4.69, 9.17) is 0 Å². The van der Waals surface area contributed by atoms with Gasteiger partial charge in [-0.25, -0.2) is 0 Å². The minimum Gasteiger partial charge on any atom is -0.184 e. The number of benzene rings is 6. The summed E-state index contributed by atoms with van der Waals surface area (Å²) in [6, 6.07) is 48.8. The molecule has 0 saturated carbocycles. The first-order chi connectivity index (χ1) is 27.2. The van der Waals surface area contributed by atoms with Crippen LogP contribution in [0.25, 0.3) is 54.9 Å². The van der Waals surface area contributed by atoms with Crippen LogP contribution in [0, 0.1) is 6.07 Å². The summed E-state index contributed by atoms with van der Waals surface area (Å²) < 4.78 is 79.6. The molecule has 0 bridgehead atoms. The van der Waals surface area contributed by atoms with Crippen molar-refractivity contribution in [3.05, 3.63) is 180 Å². The van der Waals surface area contributed by atoms with Gasteiger partial charge in [-0.15, -0.1) is 74.6 Å². The zero-order valence-corrected chi connectivity index (χ0v) is 35.8. The maximum Gasteiger partial charge on any atom is 3.00 e. The van der Waals surface area contributed by atoms with Gasteiger partial charge in [-0.2, -0.15) is 67.9 Å². The Labute approximate surface area is 357 Å². The van der Waals surface area contributed by atoms with Crippen molar-refractivity contribution in [2.24, 2.45) is 0 Å². The zero-order chi connectivity index (χ0) is 40.5. The SMILES string of the molecule is CC(C)c1cc2c(-c3ccccc3C(F)(F)F)cccc2[cH-]1.CC(C)c1cc2c(-c3ccccc3C(F)(F)F)cccc2[cH-]1.[Zr+3].[c-]1cccc2c1[Si]c1ccccc1-2. The second-order valence-corrected chi connectivity index (χ2v) is 16.0. The van der Waals surface area contributed by atoms with Gasteiger partial charge in [-0.3, -0.25) is 0 Å². The Morgan fingerprint density at radius 1 is 0.483 bits per heavy atom. The third-order valence-corrected chi connectivity index (χ3v) is 11.6. The molecule has 1 aliphatic rings. The molecule has 8 aromatic carbocycles. The van der Waals surface area contributed by atoms with E-state index in [9.17, 15) is 26.3 Å². The molecule has 0 spiro atoms. The predicted molar refractivity (Wildman–Crippen MR) is 224 cm³/mol. The summed E-state index contributed by atoms with van der Waals surface area (Å²) in [6.07, 6.45) is -8.71. The molecule has 289 valence electrons. The van der Waals surface area contributed by atoms with E-state index < -0.39 is 23.5 Å². The Balaban J connectivity index is 0.000000150. The summed E-state index contributed by atoms with van der Waals surface area (Å²) in [5.74, 6) is 0.691. The zero-order valence-electron chi connectivity index (χ0n) is 32.4. The quantitative estimate of drug-likeness (QED) is 0.0939. The molecule has 0 atom stereocenters. The molecular formula is C50H39F6SiZr. The molecule has 0 saturated heterocycles. The Kier molecular flexibility index (Phi) is 13.0. The van der Waals surface area contributed by atoms with Crippen molar-refractivity contribution in [3.8, 4) is 33.4 Å².